The summed E-state index contributed by atoms with van der Waals surface area (Å²) >= 11 is 0. The maximum atomic E-state index is 11.0. The largest absolute Gasteiger partial charge is 0.466 e. The molecule has 94 valence electrons. The average molecular weight is 227 g/mol. The first-order valence-corrected chi connectivity index (χ1v) is 6.28. The van der Waals surface area contributed by atoms with E-state index in [1.54, 1.807) is 0 Å². The Labute approximate surface area is 99.3 Å². The molecule has 0 saturated heterocycles. The Morgan fingerprint density at radius 1 is 1.25 bits per heavy atom. The van der Waals surface area contributed by atoms with Gasteiger partial charge in [0.1, 0.15) is 0 Å². The quantitative estimate of drug-likeness (QED) is 0.354. The molecular weight excluding hydrogens is 202 g/mol. The van der Waals surface area contributed by atoms with Gasteiger partial charge < -0.3 is 10.1 Å². The van der Waals surface area contributed by atoms with E-state index in [1.165, 1.54) is 0 Å². The van der Waals surface area contributed by atoms with Crippen molar-refractivity contribution in [3.05, 3.63) is 12.2 Å². The summed E-state index contributed by atoms with van der Waals surface area (Å²) in [5.41, 5.74) is 0. The van der Waals surface area contributed by atoms with Gasteiger partial charge in [0.15, 0.2) is 0 Å². The molecule has 0 aromatic carbocycles. The molecule has 3 heteroatoms. The smallest absolute Gasteiger partial charge is 0.305 e. The molecule has 0 heterocycles. The van der Waals surface area contributed by atoms with Crippen molar-refractivity contribution in [3.63, 3.8) is 0 Å². The summed E-state index contributed by atoms with van der Waals surface area (Å²) < 4.78 is 4.85. The van der Waals surface area contributed by atoms with Crippen molar-refractivity contribution < 1.29 is 9.53 Å². The van der Waals surface area contributed by atoms with E-state index in [0.717, 1.165) is 38.8 Å². The summed E-state index contributed by atoms with van der Waals surface area (Å²) in [6.07, 6.45) is 9.06. The third-order valence-electron chi connectivity index (χ3n) is 2.26. The van der Waals surface area contributed by atoms with Crippen LogP contribution in [0.3, 0.4) is 0 Å². The monoisotopic (exact) mass is 227 g/mol. The van der Waals surface area contributed by atoms with Crippen LogP contribution in [0.2, 0.25) is 0 Å². The molecule has 0 fully saturated rings. The normalized spacial score (nSPS) is 10.9. The van der Waals surface area contributed by atoms with Crippen LogP contribution in [0, 0.1) is 0 Å². The minimum absolute atomic E-state index is 0.0662. The van der Waals surface area contributed by atoms with Gasteiger partial charge in [-0.1, -0.05) is 18.6 Å². The molecule has 1 N–H and O–H groups in total. The molecule has 0 unspecified atom stereocenters. The zero-order valence-electron chi connectivity index (χ0n) is 10.6. The molecule has 0 aliphatic heterocycles. The Balaban J connectivity index is 3.06. The van der Waals surface area contributed by atoms with Crippen LogP contribution in [0.5, 0.6) is 0 Å². The van der Waals surface area contributed by atoms with E-state index in [0.29, 0.717) is 13.0 Å². The Morgan fingerprint density at radius 2 is 2.06 bits per heavy atom. The fraction of sp³-hybridized carbons (Fsp3) is 0.769. The molecule has 0 aliphatic rings. The van der Waals surface area contributed by atoms with Crippen molar-refractivity contribution in [3.8, 4) is 0 Å². The van der Waals surface area contributed by atoms with Gasteiger partial charge in [0.2, 0.25) is 0 Å². The molecule has 0 atom stereocenters. The highest BCUT2D eigenvalue weighted by atomic mass is 16.5. The molecule has 0 amide bonds. The second kappa shape index (κ2) is 12.2. The lowest BCUT2D eigenvalue weighted by molar-refractivity contribution is -0.143. The number of rotatable bonds is 10. The van der Waals surface area contributed by atoms with Crippen LogP contribution in [0.15, 0.2) is 12.2 Å². The van der Waals surface area contributed by atoms with Gasteiger partial charge in [-0.2, -0.15) is 0 Å². The molecule has 0 aromatic heterocycles. The summed E-state index contributed by atoms with van der Waals surface area (Å²) in [5, 5.41) is 3.37. The van der Waals surface area contributed by atoms with Gasteiger partial charge in [0.25, 0.3) is 0 Å². The lowest BCUT2D eigenvalue weighted by Crippen LogP contribution is -2.16. The summed E-state index contributed by atoms with van der Waals surface area (Å²) in [7, 11) is 0. The fourth-order valence-electron chi connectivity index (χ4n) is 1.41. The second-order valence-electron chi connectivity index (χ2n) is 3.72. The standard InChI is InChI=1S/C13H25NO2/c1-3-5-8-11-14-12-9-6-7-10-13(15)16-4-2/h3,5,14H,4,6-12H2,1-2H3/b5-3+. The van der Waals surface area contributed by atoms with Crippen LogP contribution in [-0.2, 0) is 9.53 Å². The number of carbonyl (C=O) groups excluding carboxylic acids is 1. The Hall–Kier alpha value is -0.830. The van der Waals surface area contributed by atoms with Crippen LogP contribution in [0.25, 0.3) is 0 Å². The van der Waals surface area contributed by atoms with Crippen molar-refractivity contribution in [1.82, 2.24) is 5.32 Å². The van der Waals surface area contributed by atoms with Crippen molar-refractivity contribution >= 4 is 5.97 Å². The molecule has 0 bridgehead atoms. The van der Waals surface area contributed by atoms with Gasteiger partial charge in [0.05, 0.1) is 6.61 Å². The number of esters is 1. The molecule has 0 aliphatic carbocycles. The molecule has 0 aromatic rings. The van der Waals surface area contributed by atoms with E-state index in [4.69, 9.17) is 4.74 Å². The van der Waals surface area contributed by atoms with Gasteiger partial charge in [0, 0.05) is 6.42 Å². The van der Waals surface area contributed by atoms with Crippen molar-refractivity contribution in [2.24, 2.45) is 0 Å². The summed E-state index contributed by atoms with van der Waals surface area (Å²) in [4.78, 5) is 11.0. The summed E-state index contributed by atoms with van der Waals surface area (Å²) in [6.45, 7) is 6.45. The molecule has 0 spiro atoms. The summed E-state index contributed by atoms with van der Waals surface area (Å²) in [6, 6.07) is 0. The van der Waals surface area contributed by atoms with Crippen LogP contribution in [0.1, 0.15) is 46.0 Å². The highest BCUT2D eigenvalue weighted by molar-refractivity contribution is 5.69. The van der Waals surface area contributed by atoms with Crippen LogP contribution in [-0.4, -0.2) is 25.7 Å². The molecular formula is C13H25NO2. The number of ether oxygens (including phenoxy) is 1. The number of unbranched alkanes of at least 4 members (excludes halogenated alkanes) is 2. The van der Waals surface area contributed by atoms with Crippen molar-refractivity contribution in [2.45, 2.75) is 46.0 Å². The van der Waals surface area contributed by atoms with Crippen molar-refractivity contribution in [2.75, 3.05) is 19.7 Å². The van der Waals surface area contributed by atoms with E-state index >= 15 is 0 Å². The van der Waals surface area contributed by atoms with Crippen LogP contribution in [0.4, 0.5) is 0 Å². The Bertz CT molecular complexity index is 190. The first kappa shape index (κ1) is 15.2. The van der Waals surface area contributed by atoms with E-state index in [9.17, 15) is 4.79 Å². The first-order chi connectivity index (χ1) is 7.81. The van der Waals surface area contributed by atoms with E-state index in [2.05, 4.69) is 17.5 Å². The highest BCUT2D eigenvalue weighted by Crippen LogP contribution is 2.00. The maximum Gasteiger partial charge on any atom is 0.305 e. The van der Waals surface area contributed by atoms with Crippen molar-refractivity contribution in [1.29, 1.82) is 0 Å². The second-order valence-corrected chi connectivity index (χ2v) is 3.72. The van der Waals surface area contributed by atoms with E-state index < -0.39 is 0 Å². The number of hydrogen-bond acceptors (Lipinski definition) is 3. The molecule has 0 saturated carbocycles. The third-order valence-corrected chi connectivity index (χ3v) is 2.26. The zero-order chi connectivity index (χ0) is 12.1. The average Bonchev–Trinajstić information content (AvgIpc) is 2.27. The predicted molar refractivity (Wildman–Crippen MR) is 67.4 cm³/mol. The number of carbonyl (C=O) groups is 1. The topological polar surface area (TPSA) is 38.3 Å². The number of hydrogen-bond donors (Lipinski definition) is 1. The Morgan fingerprint density at radius 3 is 2.75 bits per heavy atom. The molecule has 3 nitrogen and oxygen atoms in total. The van der Waals surface area contributed by atoms with Gasteiger partial charge in [-0.25, -0.2) is 0 Å². The maximum absolute atomic E-state index is 11.0. The molecule has 0 radical (unpaired) electrons. The first-order valence-electron chi connectivity index (χ1n) is 6.28. The minimum Gasteiger partial charge on any atom is -0.466 e. The predicted octanol–water partition coefficient (Wildman–Crippen LogP) is 2.67. The van der Waals surface area contributed by atoms with Gasteiger partial charge in [-0.05, 0) is 46.2 Å². The van der Waals surface area contributed by atoms with Crippen LogP contribution < -0.4 is 5.32 Å². The third kappa shape index (κ3) is 11.2. The lowest BCUT2D eigenvalue weighted by Gasteiger charge is -2.03. The number of nitrogens with one attached hydrogen (secondary N) is 1. The highest BCUT2D eigenvalue weighted by Gasteiger charge is 1.99. The van der Waals surface area contributed by atoms with E-state index in [1.807, 2.05) is 13.8 Å². The van der Waals surface area contributed by atoms with Gasteiger partial charge in [-0.3, -0.25) is 4.79 Å². The van der Waals surface area contributed by atoms with Gasteiger partial charge >= 0.3 is 5.97 Å². The SMILES string of the molecule is C/C=C/CCNCCCCCC(=O)OCC. The zero-order valence-corrected chi connectivity index (χ0v) is 10.6. The Kier molecular flexibility index (Phi) is 11.6. The van der Waals surface area contributed by atoms with Crippen LogP contribution >= 0.6 is 0 Å². The lowest BCUT2D eigenvalue weighted by atomic mass is 10.2. The molecule has 16 heavy (non-hydrogen) atoms. The summed E-state index contributed by atoms with van der Waals surface area (Å²) in [5.74, 6) is -0.0662. The van der Waals surface area contributed by atoms with E-state index in [-0.39, 0.29) is 5.97 Å². The number of allylic oxidation sites excluding steroid dienone is 1. The van der Waals surface area contributed by atoms with Gasteiger partial charge in [-0.15, -0.1) is 0 Å². The molecule has 0 rings (SSSR count). The minimum atomic E-state index is -0.0662. The fourth-order valence-corrected chi connectivity index (χ4v) is 1.41.